The summed E-state index contributed by atoms with van der Waals surface area (Å²) in [6, 6.07) is 7.06. The summed E-state index contributed by atoms with van der Waals surface area (Å²) < 4.78 is 0. The number of rotatable bonds is 6. The Morgan fingerprint density at radius 3 is 2.28 bits per heavy atom. The number of carbonyl (C=O) groups is 1. The van der Waals surface area contributed by atoms with E-state index in [0.717, 1.165) is 12.8 Å². The van der Waals surface area contributed by atoms with Crippen LogP contribution in [-0.2, 0) is 0 Å². The lowest BCUT2D eigenvalue weighted by Gasteiger charge is -2.30. The van der Waals surface area contributed by atoms with Crippen LogP contribution in [0.4, 0.5) is 5.69 Å². The van der Waals surface area contributed by atoms with Crippen LogP contribution < -0.4 is 5.73 Å². The molecular weight excluding hydrogens is 228 g/mol. The highest BCUT2D eigenvalue weighted by Gasteiger charge is 2.21. The standard InChI is InChI=1S/C14H22N2O2/c1-3-13(4-2)16(9-10-17)14(18)11-5-7-12(15)8-6-11/h5-8,13,17H,3-4,9-10,15H2,1-2H3. The second kappa shape index (κ2) is 7.01. The molecule has 0 spiro atoms. The highest BCUT2D eigenvalue weighted by Crippen LogP contribution is 2.14. The minimum Gasteiger partial charge on any atom is -0.399 e. The van der Waals surface area contributed by atoms with E-state index in [4.69, 9.17) is 10.8 Å². The van der Waals surface area contributed by atoms with Gasteiger partial charge in [-0.15, -0.1) is 0 Å². The number of hydrogen-bond donors (Lipinski definition) is 2. The van der Waals surface area contributed by atoms with Gasteiger partial charge in [0, 0.05) is 23.8 Å². The van der Waals surface area contributed by atoms with E-state index in [-0.39, 0.29) is 18.6 Å². The number of amides is 1. The molecule has 1 aromatic rings. The number of aliphatic hydroxyl groups excluding tert-OH is 1. The molecule has 0 unspecified atom stereocenters. The van der Waals surface area contributed by atoms with E-state index in [1.54, 1.807) is 29.2 Å². The molecule has 0 aromatic heterocycles. The fraction of sp³-hybridized carbons (Fsp3) is 0.500. The summed E-state index contributed by atoms with van der Waals surface area (Å²) in [6.07, 6.45) is 1.77. The third-order valence-electron chi connectivity index (χ3n) is 3.14. The Kier molecular flexibility index (Phi) is 5.65. The average molecular weight is 250 g/mol. The van der Waals surface area contributed by atoms with Gasteiger partial charge in [-0.3, -0.25) is 4.79 Å². The molecule has 0 atom stereocenters. The maximum atomic E-state index is 12.4. The number of nitrogens with zero attached hydrogens (tertiary/aromatic N) is 1. The van der Waals surface area contributed by atoms with Crippen molar-refractivity contribution in [3.05, 3.63) is 29.8 Å². The van der Waals surface area contributed by atoms with Crippen LogP contribution >= 0.6 is 0 Å². The van der Waals surface area contributed by atoms with Gasteiger partial charge in [0.15, 0.2) is 0 Å². The quantitative estimate of drug-likeness (QED) is 0.758. The largest absolute Gasteiger partial charge is 0.399 e. The number of nitrogen functional groups attached to an aromatic ring is 1. The molecule has 3 N–H and O–H groups in total. The lowest BCUT2D eigenvalue weighted by atomic mass is 10.1. The van der Waals surface area contributed by atoms with Gasteiger partial charge in [-0.25, -0.2) is 0 Å². The van der Waals surface area contributed by atoms with E-state index in [2.05, 4.69) is 13.8 Å². The van der Waals surface area contributed by atoms with Crippen LogP contribution in [0.1, 0.15) is 37.0 Å². The summed E-state index contributed by atoms with van der Waals surface area (Å²) in [6.45, 7) is 4.45. The van der Waals surface area contributed by atoms with Crippen molar-refractivity contribution in [3.63, 3.8) is 0 Å². The summed E-state index contributed by atoms with van der Waals surface area (Å²) in [5.41, 5.74) is 6.87. The molecule has 0 aliphatic rings. The fourth-order valence-electron chi connectivity index (χ4n) is 2.08. The van der Waals surface area contributed by atoms with Crippen molar-refractivity contribution in [2.24, 2.45) is 0 Å². The SMILES string of the molecule is CCC(CC)N(CCO)C(=O)c1ccc(N)cc1. The summed E-state index contributed by atoms with van der Waals surface area (Å²) >= 11 is 0. The van der Waals surface area contributed by atoms with Crippen molar-refractivity contribution in [1.29, 1.82) is 0 Å². The smallest absolute Gasteiger partial charge is 0.254 e. The Hall–Kier alpha value is -1.55. The van der Waals surface area contributed by atoms with Gasteiger partial charge < -0.3 is 15.7 Å². The van der Waals surface area contributed by atoms with Crippen LogP contribution in [-0.4, -0.2) is 35.1 Å². The third-order valence-corrected chi connectivity index (χ3v) is 3.14. The van der Waals surface area contributed by atoms with Crippen LogP contribution in [0.2, 0.25) is 0 Å². The zero-order valence-electron chi connectivity index (χ0n) is 11.1. The van der Waals surface area contributed by atoms with Crippen molar-refractivity contribution in [2.75, 3.05) is 18.9 Å². The molecule has 0 bridgehead atoms. The molecule has 0 saturated carbocycles. The Bertz CT molecular complexity index is 372. The van der Waals surface area contributed by atoms with Gasteiger partial charge in [0.2, 0.25) is 0 Å². The van der Waals surface area contributed by atoms with E-state index >= 15 is 0 Å². The molecule has 1 rings (SSSR count). The first kappa shape index (κ1) is 14.5. The third kappa shape index (κ3) is 3.47. The Morgan fingerprint density at radius 2 is 1.83 bits per heavy atom. The molecule has 0 aliphatic carbocycles. The van der Waals surface area contributed by atoms with Gasteiger partial charge in [-0.05, 0) is 37.1 Å². The Balaban J connectivity index is 2.91. The molecule has 1 aromatic carbocycles. The van der Waals surface area contributed by atoms with Crippen LogP contribution in [0.25, 0.3) is 0 Å². The highest BCUT2D eigenvalue weighted by molar-refractivity contribution is 5.94. The van der Waals surface area contributed by atoms with Gasteiger partial charge in [0.1, 0.15) is 0 Å². The van der Waals surface area contributed by atoms with Crippen molar-refractivity contribution < 1.29 is 9.90 Å². The summed E-state index contributed by atoms with van der Waals surface area (Å²) in [4.78, 5) is 14.1. The monoisotopic (exact) mass is 250 g/mol. The molecule has 18 heavy (non-hydrogen) atoms. The zero-order valence-corrected chi connectivity index (χ0v) is 11.1. The summed E-state index contributed by atoms with van der Waals surface area (Å²) in [5, 5.41) is 9.10. The summed E-state index contributed by atoms with van der Waals surface area (Å²) in [7, 11) is 0. The van der Waals surface area contributed by atoms with Gasteiger partial charge >= 0.3 is 0 Å². The first-order valence-corrected chi connectivity index (χ1v) is 6.41. The number of hydrogen-bond acceptors (Lipinski definition) is 3. The van der Waals surface area contributed by atoms with Gasteiger partial charge in [-0.2, -0.15) is 0 Å². The molecule has 0 aliphatic heterocycles. The van der Waals surface area contributed by atoms with E-state index < -0.39 is 0 Å². The van der Waals surface area contributed by atoms with Gasteiger partial charge in [-0.1, -0.05) is 13.8 Å². The zero-order chi connectivity index (χ0) is 13.5. The number of nitrogens with two attached hydrogens (primary N) is 1. The lowest BCUT2D eigenvalue weighted by Crippen LogP contribution is -2.41. The molecule has 1 amide bonds. The topological polar surface area (TPSA) is 66.6 Å². The van der Waals surface area contributed by atoms with E-state index in [0.29, 0.717) is 17.8 Å². The van der Waals surface area contributed by atoms with Crippen LogP contribution in [0.5, 0.6) is 0 Å². The second-order valence-corrected chi connectivity index (χ2v) is 4.31. The first-order chi connectivity index (χ1) is 8.63. The van der Waals surface area contributed by atoms with E-state index in [1.807, 2.05) is 0 Å². The Labute approximate surface area is 108 Å². The Morgan fingerprint density at radius 1 is 1.28 bits per heavy atom. The predicted molar refractivity (Wildman–Crippen MR) is 73.3 cm³/mol. The lowest BCUT2D eigenvalue weighted by molar-refractivity contribution is 0.0622. The van der Waals surface area contributed by atoms with Crippen molar-refractivity contribution in [2.45, 2.75) is 32.7 Å². The molecule has 100 valence electrons. The normalized spacial score (nSPS) is 10.7. The highest BCUT2D eigenvalue weighted by atomic mass is 16.3. The molecule has 4 nitrogen and oxygen atoms in total. The minimum atomic E-state index is -0.0437. The number of anilines is 1. The van der Waals surface area contributed by atoms with Crippen LogP contribution in [0.3, 0.4) is 0 Å². The van der Waals surface area contributed by atoms with Crippen molar-refractivity contribution >= 4 is 11.6 Å². The minimum absolute atomic E-state index is 0.0167. The maximum absolute atomic E-state index is 12.4. The molecule has 0 radical (unpaired) electrons. The second-order valence-electron chi connectivity index (χ2n) is 4.31. The maximum Gasteiger partial charge on any atom is 0.254 e. The molecule has 0 saturated heterocycles. The average Bonchev–Trinajstić information content (AvgIpc) is 2.39. The van der Waals surface area contributed by atoms with Gasteiger partial charge in [0.25, 0.3) is 5.91 Å². The van der Waals surface area contributed by atoms with Crippen LogP contribution in [0.15, 0.2) is 24.3 Å². The number of carbonyl (C=O) groups excluding carboxylic acids is 1. The summed E-state index contributed by atoms with van der Waals surface area (Å²) in [5.74, 6) is -0.0437. The van der Waals surface area contributed by atoms with Gasteiger partial charge in [0.05, 0.1) is 6.61 Å². The van der Waals surface area contributed by atoms with E-state index in [1.165, 1.54) is 0 Å². The number of benzene rings is 1. The molecular formula is C14H22N2O2. The van der Waals surface area contributed by atoms with E-state index in [9.17, 15) is 4.79 Å². The molecule has 4 heteroatoms. The van der Waals surface area contributed by atoms with Crippen molar-refractivity contribution in [3.8, 4) is 0 Å². The fourth-order valence-corrected chi connectivity index (χ4v) is 2.08. The van der Waals surface area contributed by atoms with Crippen molar-refractivity contribution in [1.82, 2.24) is 4.90 Å². The molecule has 0 heterocycles. The molecule has 0 fully saturated rings. The first-order valence-electron chi connectivity index (χ1n) is 6.41. The predicted octanol–water partition coefficient (Wildman–Crippen LogP) is 1.89. The van der Waals surface area contributed by atoms with Crippen LogP contribution in [0, 0.1) is 0 Å². The number of aliphatic hydroxyl groups is 1.